The molecule has 12 aromatic carbocycles. The number of benzene rings is 12. The monoisotopic (exact) mass is 2230 g/mol. The van der Waals surface area contributed by atoms with Crippen LogP contribution in [0, 0.1) is 99.4 Å². The standard InChI is InChI=1S/C21H24O4.C20H21BrO4.C20H21ClO4.C20H21FO4.C20H21IO4.C20H22O4/c1-13-6-5-7-19(25-21(22)23-4)18(13)12-24-20-11-15(3)14(2)10-17(20)16-8-9-16;4*1-12-9-15(14-7-8-14)19(10-13(12)2)24-11-16-17(21)5-4-6-18(16)25-20(22)23-3;1-13-10-17(15-8-9-15)19(11-14(13)2)23-12-16-6-4-5-7-18(16)24-20(21)22-3/h5-7,10-11,16H,8-9,12H2,1-4H3;4*4-6,9-10,14H,7-8,11H2,1-3H3;4-7,10-11,15H,8-9,12H2,1-3H3. The van der Waals surface area contributed by atoms with Crippen LogP contribution in [-0.2, 0) is 68.1 Å². The second-order valence-corrected chi connectivity index (χ2v) is 40.5. The fourth-order valence-corrected chi connectivity index (χ4v) is 17.7. The van der Waals surface area contributed by atoms with Gasteiger partial charge in [0.15, 0.2) is 0 Å². The summed E-state index contributed by atoms with van der Waals surface area (Å²) in [5.74, 6) is 10.6. The van der Waals surface area contributed by atoms with Gasteiger partial charge in [0.05, 0.1) is 58.8 Å². The van der Waals surface area contributed by atoms with Gasteiger partial charge in [-0.1, -0.05) is 119 Å². The van der Waals surface area contributed by atoms with Crippen molar-refractivity contribution in [3.05, 3.63) is 346 Å². The molecule has 28 heteroatoms. The van der Waals surface area contributed by atoms with Crippen LogP contribution in [0.4, 0.5) is 33.2 Å². The van der Waals surface area contributed by atoms with E-state index in [4.69, 9.17) is 68.4 Å². The van der Waals surface area contributed by atoms with Gasteiger partial charge >= 0.3 is 36.9 Å². The molecule has 6 saturated carbocycles. The first-order chi connectivity index (χ1) is 71.5. The maximum Gasteiger partial charge on any atom is 0.513 e. The van der Waals surface area contributed by atoms with Crippen LogP contribution in [-0.4, -0.2) is 79.6 Å². The molecule has 0 atom stereocenters. The van der Waals surface area contributed by atoms with E-state index in [0.29, 0.717) is 101 Å². The average molecular weight is 2230 g/mol. The van der Waals surface area contributed by atoms with E-state index in [0.717, 1.165) is 94.3 Å². The largest absolute Gasteiger partial charge is 0.513 e. The van der Waals surface area contributed by atoms with Crippen molar-refractivity contribution >= 4 is 87.1 Å². The Balaban J connectivity index is 0.000000149. The van der Waals surface area contributed by atoms with Crippen molar-refractivity contribution in [1.82, 2.24) is 0 Å². The number of rotatable bonds is 30. The van der Waals surface area contributed by atoms with E-state index in [1.54, 1.807) is 48.5 Å². The summed E-state index contributed by atoms with van der Waals surface area (Å²) < 4.78 is 111. The van der Waals surface area contributed by atoms with Crippen molar-refractivity contribution in [2.24, 2.45) is 0 Å². The maximum absolute atomic E-state index is 14.2. The van der Waals surface area contributed by atoms with Crippen LogP contribution in [0.3, 0.4) is 0 Å². The SMILES string of the molecule is COC(=O)Oc1cccc(Br)c1COc1cc(C)c(C)cc1C1CC1.COC(=O)Oc1cccc(C)c1COc1cc(C)c(C)cc1C1CC1.COC(=O)Oc1cccc(Cl)c1COc1cc(C)c(C)cc1C1CC1.COC(=O)Oc1cccc(F)c1COc1cc(C)c(C)cc1C1CC1.COC(=O)Oc1cccc(I)c1COc1cc(C)c(C)cc1C1CC1.COC(=O)Oc1ccccc1COc1cc(C)c(C)cc1C1CC1. The second-order valence-electron chi connectivity index (χ2n) is 38.1. The second kappa shape index (κ2) is 53.1. The topological polar surface area (TPSA) is 269 Å². The summed E-state index contributed by atoms with van der Waals surface area (Å²) in [5, 5.41) is 0.484. The van der Waals surface area contributed by atoms with Gasteiger partial charge in [0.1, 0.15) is 114 Å². The number of ether oxygens (including phenoxy) is 18. The van der Waals surface area contributed by atoms with Crippen LogP contribution >= 0.6 is 50.1 Å². The van der Waals surface area contributed by atoms with Crippen LogP contribution < -0.4 is 56.8 Å². The first-order valence-electron chi connectivity index (χ1n) is 49.8. The van der Waals surface area contributed by atoms with Crippen LogP contribution in [0.1, 0.15) is 252 Å². The number of carbonyl (C=O) groups excluding carboxylic acids is 6. The van der Waals surface area contributed by atoms with E-state index in [2.05, 4.69) is 210 Å². The lowest BCUT2D eigenvalue weighted by Crippen LogP contribution is -2.11. The molecule has 18 rings (SSSR count). The summed E-state index contributed by atoms with van der Waals surface area (Å²) in [5.41, 5.74) is 27.4. The number of carbonyl (C=O) groups is 6. The molecule has 0 radical (unpaired) electrons. The Morgan fingerprint density at radius 3 is 0.832 bits per heavy atom. The molecule has 0 spiro atoms. The quantitative estimate of drug-likeness (QED) is 0.0175. The highest BCUT2D eigenvalue weighted by atomic mass is 127. The van der Waals surface area contributed by atoms with E-state index >= 15 is 0 Å². The molecule has 0 amide bonds. The van der Waals surface area contributed by atoms with Crippen molar-refractivity contribution in [2.75, 3.05) is 42.7 Å². The molecule has 6 aliphatic carbocycles. The van der Waals surface area contributed by atoms with Gasteiger partial charge in [-0.2, -0.15) is 0 Å². The van der Waals surface area contributed by atoms with E-state index < -0.39 is 42.7 Å². The summed E-state index contributed by atoms with van der Waals surface area (Å²) in [6.45, 7) is 28.7. The number of para-hydroxylation sites is 1. The molecule has 0 unspecified atom stereocenters. The highest BCUT2D eigenvalue weighted by molar-refractivity contribution is 14.1. The summed E-state index contributed by atoms with van der Waals surface area (Å²) in [6.07, 6.45) is 9.84. The van der Waals surface area contributed by atoms with E-state index in [1.165, 1.54) is 214 Å². The molecule has 149 heavy (non-hydrogen) atoms. The zero-order valence-corrected chi connectivity index (χ0v) is 92.4. The Kier molecular flexibility index (Phi) is 40.1. The molecule has 24 nitrogen and oxygen atoms in total. The third-order valence-electron chi connectivity index (χ3n) is 26.9. The van der Waals surface area contributed by atoms with Gasteiger partial charge in [-0.3, -0.25) is 0 Å². The van der Waals surface area contributed by atoms with Crippen LogP contribution in [0.25, 0.3) is 0 Å². The Morgan fingerprint density at radius 2 is 0.497 bits per heavy atom. The molecule has 0 N–H and O–H groups in total. The Hall–Kier alpha value is -13.5. The molecule has 12 aromatic rings. The van der Waals surface area contributed by atoms with Gasteiger partial charge in [0.25, 0.3) is 0 Å². The number of methoxy groups -OCH3 is 6. The smallest absolute Gasteiger partial charge is 0.488 e. The van der Waals surface area contributed by atoms with Crippen LogP contribution in [0.15, 0.2) is 193 Å². The fraction of sp³-hybridized carbons (Fsp3) is 0.355. The zero-order valence-electron chi connectivity index (χ0n) is 87.9. The van der Waals surface area contributed by atoms with E-state index in [9.17, 15) is 33.2 Å². The van der Waals surface area contributed by atoms with Gasteiger partial charge in [0, 0.05) is 30.3 Å². The fourth-order valence-electron chi connectivity index (χ4n) is 16.4. The highest BCUT2D eigenvalue weighted by Gasteiger charge is 2.35. The summed E-state index contributed by atoms with van der Waals surface area (Å²) in [7, 11) is 7.63. The molecular formula is C121H130BrClFIO24. The van der Waals surface area contributed by atoms with Crippen LogP contribution in [0.2, 0.25) is 5.02 Å². The predicted molar refractivity (Wildman–Crippen MR) is 580 cm³/mol. The molecule has 0 heterocycles. The first-order valence-corrected chi connectivity index (χ1v) is 52.0. The zero-order chi connectivity index (χ0) is 107. The maximum atomic E-state index is 14.2. The third kappa shape index (κ3) is 32.0. The Morgan fingerprint density at radius 1 is 0.262 bits per heavy atom. The van der Waals surface area contributed by atoms with Gasteiger partial charge in [-0.05, 0) is 428 Å². The number of halogens is 4. The Bertz CT molecular complexity index is 6030. The van der Waals surface area contributed by atoms with Gasteiger partial charge in [-0.15, -0.1) is 0 Å². The molecule has 786 valence electrons. The van der Waals surface area contributed by atoms with Gasteiger partial charge in [0.2, 0.25) is 0 Å². The van der Waals surface area contributed by atoms with Gasteiger partial charge < -0.3 is 85.3 Å². The van der Waals surface area contributed by atoms with E-state index in [1.807, 2.05) is 68.4 Å². The van der Waals surface area contributed by atoms with Crippen molar-refractivity contribution in [3.63, 3.8) is 0 Å². The van der Waals surface area contributed by atoms with Crippen LogP contribution in [0.5, 0.6) is 69.0 Å². The Labute approximate surface area is 899 Å². The number of hydrogen-bond acceptors (Lipinski definition) is 24. The van der Waals surface area contributed by atoms with Crippen molar-refractivity contribution in [1.29, 1.82) is 0 Å². The first kappa shape index (κ1) is 113. The lowest BCUT2D eigenvalue weighted by molar-refractivity contribution is 0.119. The molecular weight excluding hydrogens is 2100 g/mol. The van der Waals surface area contributed by atoms with E-state index in [-0.39, 0.29) is 24.5 Å². The van der Waals surface area contributed by atoms with Crippen molar-refractivity contribution in [3.8, 4) is 69.0 Å². The average Bonchev–Trinajstić information content (AvgIpc) is 1.68. The summed E-state index contributed by atoms with van der Waals surface area (Å²) in [6, 6.07) is 59.1. The molecule has 0 saturated heterocycles. The number of hydrogen-bond donors (Lipinski definition) is 0. The summed E-state index contributed by atoms with van der Waals surface area (Å²) >= 11 is 12.0. The molecule has 0 aromatic heterocycles. The molecule has 0 aliphatic heterocycles. The molecule has 6 aliphatic rings. The minimum Gasteiger partial charge on any atom is -0.488 e. The normalized spacial score (nSPS) is 13.4. The number of aryl methyl sites for hydroxylation is 13. The minimum absolute atomic E-state index is 0.0266. The van der Waals surface area contributed by atoms with Crippen molar-refractivity contribution < 1.29 is 118 Å². The highest BCUT2D eigenvalue weighted by Crippen LogP contribution is 2.52. The third-order valence-corrected chi connectivity index (χ3v) is 29.0. The predicted octanol–water partition coefficient (Wildman–Crippen LogP) is 31.9. The molecule has 6 fully saturated rings. The van der Waals surface area contributed by atoms with Crippen molar-refractivity contribution in [2.45, 2.75) is 242 Å². The minimum atomic E-state index is -0.892. The lowest BCUT2D eigenvalue weighted by atomic mass is 10.0. The lowest BCUT2D eigenvalue weighted by Gasteiger charge is -2.16. The molecule has 0 bridgehead atoms. The van der Waals surface area contributed by atoms with Gasteiger partial charge in [-0.25, -0.2) is 33.2 Å². The summed E-state index contributed by atoms with van der Waals surface area (Å²) in [4.78, 5) is 68.5.